The van der Waals surface area contributed by atoms with E-state index >= 15 is 0 Å². The maximum Gasteiger partial charge on any atom is 0.408 e. The van der Waals surface area contributed by atoms with Gasteiger partial charge in [-0.15, -0.1) is 0 Å². The summed E-state index contributed by atoms with van der Waals surface area (Å²) in [5, 5.41) is 2.86. The van der Waals surface area contributed by atoms with Crippen LogP contribution < -0.4 is 5.32 Å². The molecule has 1 aromatic rings. The van der Waals surface area contributed by atoms with Gasteiger partial charge in [-0.1, -0.05) is 56.5 Å². The van der Waals surface area contributed by atoms with Crippen LogP contribution in [0, 0.1) is 0 Å². The van der Waals surface area contributed by atoms with E-state index in [1.54, 1.807) is 20.8 Å². The van der Waals surface area contributed by atoms with Crippen molar-refractivity contribution in [2.75, 3.05) is 6.61 Å². The van der Waals surface area contributed by atoms with Crippen LogP contribution in [0.4, 0.5) is 4.79 Å². The summed E-state index contributed by atoms with van der Waals surface area (Å²) in [5.41, 5.74) is 0.270. The molecule has 1 aliphatic rings. The number of hydrogen-bond donors (Lipinski definition) is 1. The molecule has 1 amide bonds. The van der Waals surface area contributed by atoms with Gasteiger partial charge in [0, 0.05) is 6.42 Å². The molecule has 7 nitrogen and oxygen atoms in total. The molecule has 1 N–H and O–H groups in total. The second-order valence-corrected chi connectivity index (χ2v) is 10.0. The first-order valence-electron chi connectivity index (χ1n) is 12.0. The normalized spacial score (nSPS) is 19.6. The molecule has 0 aliphatic carbocycles. The number of amides is 1. The van der Waals surface area contributed by atoms with Gasteiger partial charge in [0.1, 0.15) is 17.8 Å². The highest BCUT2D eigenvalue weighted by Crippen LogP contribution is 2.27. The molecule has 33 heavy (non-hydrogen) atoms. The minimum absolute atomic E-state index is 0.0589. The van der Waals surface area contributed by atoms with Crippen LogP contribution in [-0.4, -0.2) is 48.1 Å². The molecule has 0 radical (unpaired) electrons. The Morgan fingerprint density at radius 2 is 1.85 bits per heavy atom. The molecule has 1 saturated heterocycles. The third-order valence-electron chi connectivity index (χ3n) is 5.31. The zero-order valence-electron chi connectivity index (χ0n) is 21.0. The number of hydrogen-bond acceptors (Lipinski definition) is 6. The van der Waals surface area contributed by atoms with Gasteiger partial charge in [-0.2, -0.15) is 0 Å². The van der Waals surface area contributed by atoms with Gasteiger partial charge in [0.2, 0.25) is 0 Å². The van der Waals surface area contributed by atoms with Crippen molar-refractivity contribution in [3.05, 3.63) is 35.9 Å². The van der Waals surface area contributed by atoms with Gasteiger partial charge in [-0.25, -0.2) is 4.79 Å². The lowest BCUT2D eigenvalue weighted by Crippen LogP contribution is -2.56. The molecule has 0 spiro atoms. The average Bonchev–Trinajstić information content (AvgIpc) is 3.09. The molecule has 0 bridgehead atoms. The van der Waals surface area contributed by atoms with Crippen molar-refractivity contribution >= 4 is 11.9 Å². The van der Waals surface area contributed by atoms with Crippen molar-refractivity contribution in [3.63, 3.8) is 0 Å². The Labute approximate surface area is 198 Å². The lowest BCUT2D eigenvalue weighted by atomic mass is 9.97. The lowest BCUT2D eigenvalue weighted by molar-refractivity contribution is -0.154. The van der Waals surface area contributed by atoms with Gasteiger partial charge in [0.25, 0.3) is 0 Å². The zero-order valence-corrected chi connectivity index (χ0v) is 21.0. The van der Waals surface area contributed by atoms with Crippen molar-refractivity contribution in [1.82, 2.24) is 5.32 Å². The highest BCUT2D eigenvalue weighted by molar-refractivity contribution is 5.84. The van der Waals surface area contributed by atoms with Crippen LogP contribution in [0.1, 0.15) is 79.2 Å². The number of benzene rings is 1. The van der Waals surface area contributed by atoms with Gasteiger partial charge in [-0.3, -0.25) is 4.79 Å². The van der Waals surface area contributed by atoms with E-state index in [4.69, 9.17) is 18.9 Å². The van der Waals surface area contributed by atoms with E-state index in [1.807, 2.05) is 44.2 Å². The largest absolute Gasteiger partial charge is 0.444 e. The molecule has 0 aromatic heterocycles. The van der Waals surface area contributed by atoms with Crippen LogP contribution in [0.15, 0.2) is 30.3 Å². The van der Waals surface area contributed by atoms with Crippen molar-refractivity contribution in [3.8, 4) is 0 Å². The topological polar surface area (TPSA) is 83.1 Å². The summed E-state index contributed by atoms with van der Waals surface area (Å²) in [5.74, 6) is -0.872. The number of Topliss-reactive ketones (excluding diaryl/α,β-unsaturated/α-hetero) is 1. The summed E-state index contributed by atoms with van der Waals surface area (Å²) < 4.78 is 23.4. The highest BCUT2D eigenvalue weighted by atomic mass is 16.7. The smallest absolute Gasteiger partial charge is 0.408 e. The van der Waals surface area contributed by atoms with Gasteiger partial charge < -0.3 is 24.3 Å². The fourth-order valence-electron chi connectivity index (χ4n) is 3.73. The van der Waals surface area contributed by atoms with Crippen molar-refractivity contribution in [2.45, 2.75) is 110 Å². The Hall–Kier alpha value is -1.96. The highest BCUT2D eigenvalue weighted by Gasteiger charge is 2.44. The van der Waals surface area contributed by atoms with E-state index < -0.39 is 35.7 Å². The molecular formula is C26H41NO6. The Morgan fingerprint density at radius 1 is 1.15 bits per heavy atom. The van der Waals surface area contributed by atoms with Crippen molar-refractivity contribution in [1.29, 1.82) is 0 Å². The predicted octanol–water partition coefficient (Wildman–Crippen LogP) is 5.16. The second-order valence-electron chi connectivity index (χ2n) is 10.0. The third kappa shape index (κ3) is 9.82. The number of carbonyl (C=O) groups excluding carboxylic acids is 2. The SMILES string of the molecule is CCCCCCC(=O)[C@H](OCc1ccccc1)[C@@H](NC(=O)OC(C)(C)C)[C@H]1COC(C)(C)O1. The van der Waals surface area contributed by atoms with Gasteiger partial charge in [0.15, 0.2) is 11.6 Å². The van der Waals surface area contributed by atoms with Crippen LogP contribution >= 0.6 is 0 Å². The van der Waals surface area contributed by atoms with E-state index in [9.17, 15) is 9.59 Å². The van der Waals surface area contributed by atoms with Gasteiger partial charge in [0.05, 0.1) is 19.3 Å². The predicted molar refractivity (Wildman–Crippen MR) is 127 cm³/mol. The molecule has 0 saturated carbocycles. The summed E-state index contributed by atoms with van der Waals surface area (Å²) >= 11 is 0. The number of ether oxygens (including phenoxy) is 4. The molecule has 1 aliphatic heterocycles. The summed E-state index contributed by atoms with van der Waals surface area (Å²) in [6.07, 6.45) is 2.26. The number of unbranched alkanes of at least 4 members (excludes halogenated alkanes) is 3. The van der Waals surface area contributed by atoms with Crippen LogP contribution in [0.2, 0.25) is 0 Å². The number of rotatable bonds is 12. The molecule has 1 aromatic carbocycles. The van der Waals surface area contributed by atoms with Gasteiger partial charge in [-0.05, 0) is 46.6 Å². The monoisotopic (exact) mass is 463 g/mol. The minimum atomic E-state index is -0.887. The van der Waals surface area contributed by atoms with Crippen molar-refractivity contribution < 1.29 is 28.5 Å². The fraction of sp³-hybridized carbons (Fsp3) is 0.692. The number of nitrogens with one attached hydrogen (secondary N) is 1. The number of alkyl carbamates (subject to hydrolysis) is 1. The average molecular weight is 464 g/mol. The molecule has 7 heteroatoms. The third-order valence-corrected chi connectivity index (χ3v) is 5.31. The standard InChI is InChI=1S/C26H41NO6/c1-7-8-9-13-16-20(28)23(30-17-19-14-11-10-12-15-19)22(21-18-31-26(5,6)32-21)27-24(29)33-25(2,3)4/h10-12,14-15,21-23H,7-9,13,16-18H2,1-6H3,(H,27,29)/t21-,22+,23+/m1/s1. The molecule has 1 fully saturated rings. The first-order valence-corrected chi connectivity index (χ1v) is 12.0. The van der Waals surface area contributed by atoms with Crippen LogP contribution in [0.3, 0.4) is 0 Å². The molecule has 3 atom stereocenters. The molecule has 2 rings (SSSR count). The number of ketones is 1. The van der Waals surface area contributed by atoms with E-state index in [0.717, 1.165) is 31.2 Å². The van der Waals surface area contributed by atoms with E-state index in [1.165, 1.54) is 0 Å². The summed E-state index contributed by atoms with van der Waals surface area (Å²) in [6.45, 7) is 11.6. The second kappa shape index (κ2) is 12.5. The van der Waals surface area contributed by atoms with Gasteiger partial charge >= 0.3 is 6.09 Å². The molecule has 0 unspecified atom stereocenters. The fourth-order valence-corrected chi connectivity index (χ4v) is 3.73. The Balaban J connectivity index is 2.24. The first-order chi connectivity index (χ1) is 15.5. The molecular weight excluding hydrogens is 422 g/mol. The van der Waals surface area contributed by atoms with E-state index in [0.29, 0.717) is 6.42 Å². The van der Waals surface area contributed by atoms with Crippen molar-refractivity contribution in [2.24, 2.45) is 0 Å². The van der Waals surface area contributed by atoms with E-state index in [-0.39, 0.29) is 19.0 Å². The van der Waals surface area contributed by atoms with Crippen LogP contribution in [-0.2, 0) is 30.3 Å². The number of carbonyl (C=O) groups is 2. The quantitative estimate of drug-likeness (QED) is 0.431. The summed E-state index contributed by atoms with van der Waals surface area (Å²) in [6, 6.07) is 8.91. The van der Waals surface area contributed by atoms with E-state index in [2.05, 4.69) is 12.2 Å². The lowest BCUT2D eigenvalue weighted by Gasteiger charge is -2.32. The maximum atomic E-state index is 13.3. The first kappa shape index (κ1) is 27.3. The minimum Gasteiger partial charge on any atom is -0.444 e. The van der Waals surface area contributed by atoms with Crippen LogP contribution in [0.5, 0.6) is 0 Å². The zero-order chi connectivity index (χ0) is 24.5. The molecule has 186 valence electrons. The Bertz CT molecular complexity index is 743. The maximum absolute atomic E-state index is 13.3. The summed E-state index contributed by atoms with van der Waals surface area (Å²) in [7, 11) is 0. The van der Waals surface area contributed by atoms with Crippen LogP contribution in [0.25, 0.3) is 0 Å². The molecule has 1 heterocycles. The Morgan fingerprint density at radius 3 is 2.42 bits per heavy atom. The Kier molecular flexibility index (Phi) is 10.3. The summed E-state index contributed by atoms with van der Waals surface area (Å²) in [4.78, 5) is 26.0.